The summed E-state index contributed by atoms with van der Waals surface area (Å²) >= 11 is 6.81. The Morgan fingerprint density at radius 2 is 2.16 bits per heavy atom. The van der Waals surface area contributed by atoms with E-state index in [1.54, 1.807) is 13.2 Å². The average molecular weight is 324 g/mol. The molecule has 0 heterocycles. The van der Waals surface area contributed by atoms with Crippen molar-refractivity contribution in [2.75, 3.05) is 13.3 Å². The maximum absolute atomic E-state index is 13.7. The lowest BCUT2D eigenvalue weighted by Crippen LogP contribution is -2.26. The van der Waals surface area contributed by atoms with Gasteiger partial charge in [-0.1, -0.05) is 23.7 Å². The van der Waals surface area contributed by atoms with Crippen molar-refractivity contribution in [2.45, 2.75) is 17.3 Å². The molecule has 0 saturated heterocycles. The van der Waals surface area contributed by atoms with Crippen molar-refractivity contribution >= 4 is 38.9 Å². The van der Waals surface area contributed by atoms with Crippen LogP contribution in [0.25, 0.3) is 0 Å². The Kier molecular flexibility index (Phi) is 5.82. The van der Waals surface area contributed by atoms with Gasteiger partial charge in [-0.15, -0.1) is 11.8 Å². The van der Waals surface area contributed by atoms with Crippen molar-refractivity contribution in [1.82, 2.24) is 0 Å². The third kappa shape index (κ3) is 3.94. The van der Waals surface area contributed by atoms with Gasteiger partial charge >= 0.3 is 0 Å². The van der Waals surface area contributed by atoms with Crippen LogP contribution in [-0.4, -0.2) is 32.0 Å². The molecule has 0 fully saturated rings. The van der Waals surface area contributed by atoms with E-state index in [4.69, 9.17) is 11.6 Å². The van der Waals surface area contributed by atoms with Crippen LogP contribution in [0.4, 0.5) is 4.39 Å². The van der Waals surface area contributed by atoms with Crippen molar-refractivity contribution in [3.05, 3.63) is 34.6 Å². The van der Waals surface area contributed by atoms with Gasteiger partial charge in [-0.3, -0.25) is 4.99 Å². The molecule has 0 aliphatic carbocycles. The lowest BCUT2D eigenvalue weighted by atomic mass is 10.2. The van der Waals surface area contributed by atoms with Gasteiger partial charge in [0.2, 0.25) is 0 Å². The second-order valence-corrected chi connectivity index (χ2v) is 7.69. The van der Waals surface area contributed by atoms with Crippen molar-refractivity contribution in [3.63, 3.8) is 0 Å². The fourth-order valence-corrected chi connectivity index (χ4v) is 5.09. The van der Waals surface area contributed by atoms with Gasteiger partial charge < -0.3 is 0 Å². The minimum absolute atomic E-state index is 0.0747. The van der Waals surface area contributed by atoms with E-state index in [0.717, 1.165) is 11.8 Å². The minimum Gasteiger partial charge on any atom is -0.295 e. The summed E-state index contributed by atoms with van der Waals surface area (Å²) in [5, 5.41) is -0.0747. The summed E-state index contributed by atoms with van der Waals surface area (Å²) in [6, 6.07) is 4.34. The molecule has 0 saturated carbocycles. The van der Waals surface area contributed by atoms with Crippen molar-refractivity contribution in [1.29, 1.82) is 0 Å². The van der Waals surface area contributed by atoms with Crippen LogP contribution in [0.3, 0.4) is 0 Å². The van der Waals surface area contributed by atoms with Gasteiger partial charge in [0.25, 0.3) is 0 Å². The topological polar surface area (TPSA) is 46.5 Å². The van der Waals surface area contributed by atoms with Crippen LogP contribution in [0.15, 0.2) is 23.2 Å². The summed E-state index contributed by atoms with van der Waals surface area (Å²) in [5.41, 5.74) is 0.574. The highest BCUT2D eigenvalue weighted by Gasteiger charge is 2.28. The molecule has 0 amide bonds. The zero-order valence-electron chi connectivity index (χ0n) is 10.9. The molecular weight excluding hydrogens is 309 g/mol. The highest BCUT2D eigenvalue weighted by Crippen LogP contribution is 2.24. The number of halogens is 2. The Morgan fingerprint density at radius 3 is 2.68 bits per heavy atom. The predicted octanol–water partition coefficient (Wildman–Crippen LogP) is 3.17. The van der Waals surface area contributed by atoms with E-state index < -0.39 is 26.0 Å². The molecule has 1 atom stereocenters. The van der Waals surface area contributed by atoms with E-state index in [1.807, 2.05) is 0 Å². The van der Waals surface area contributed by atoms with Crippen LogP contribution in [-0.2, 0) is 15.6 Å². The van der Waals surface area contributed by atoms with Crippen molar-refractivity contribution in [2.24, 2.45) is 4.99 Å². The van der Waals surface area contributed by atoms with Gasteiger partial charge in [0.05, 0.1) is 10.8 Å². The fraction of sp³-hybridized carbons (Fsp3) is 0.417. The first-order valence-corrected chi connectivity index (χ1v) is 8.82. The first-order valence-electron chi connectivity index (χ1n) is 5.44. The Hall–Kier alpha value is -0.590. The number of rotatable bonds is 5. The number of hydrogen-bond donors (Lipinski definition) is 0. The molecule has 0 bridgehead atoms. The average Bonchev–Trinajstić information content (AvgIpc) is 2.35. The second kappa shape index (κ2) is 6.72. The minimum atomic E-state index is -3.54. The number of benzene rings is 1. The summed E-state index contributed by atoms with van der Waals surface area (Å²) in [6.45, 7) is 1.65. The smallest absolute Gasteiger partial charge is 0.172 e. The highest BCUT2D eigenvalue weighted by atomic mass is 35.5. The second-order valence-electron chi connectivity index (χ2n) is 3.95. The maximum Gasteiger partial charge on any atom is 0.172 e. The van der Waals surface area contributed by atoms with Crippen LogP contribution in [0.5, 0.6) is 0 Å². The molecule has 7 heteroatoms. The standard InChI is InChI=1S/C12H15ClFNO2S2/c1-8(15-2)12(18-3)19(16,17)7-9-5-4-6-10(13)11(9)14/h4-6,12H,7H2,1-3H3. The molecular formula is C12H15ClFNO2S2. The Bertz CT molecular complexity index is 587. The SMILES string of the molecule is CN=C(C)C(SC)S(=O)(=O)Cc1cccc(Cl)c1F. The summed E-state index contributed by atoms with van der Waals surface area (Å²) in [4.78, 5) is 3.90. The van der Waals surface area contributed by atoms with Gasteiger partial charge in [0, 0.05) is 18.3 Å². The molecule has 1 rings (SSSR count). The van der Waals surface area contributed by atoms with E-state index in [2.05, 4.69) is 4.99 Å². The maximum atomic E-state index is 13.7. The molecule has 19 heavy (non-hydrogen) atoms. The van der Waals surface area contributed by atoms with E-state index in [-0.39, 0.29) is 10.6 Å². The third-order valence-electron chi connectivity index (χ3n) is 2.62. The molecule has 1 unspecified atom stereocenters. The predicted molar refractivity (Wildman–Crippen MR) is 80.4 cm³/mol. The monoisotopic (exact) mass is 323 g/mol. The van der Waals surface area contributed by atoms with Crippen LogP contribution >= 0.6 is 23.4 Å². The first-order chi connectivity index (χ1) is 8.83. The van der Waals surface area contributed by atoms with Gasteiger partial charge in [0.1, 0.15) is 10.4 Å². The van der Waals surface area contributed by atoms with Gasteiger partial charge in [-0.2, -0.15) is 0 Å². The zero-order chi connectivity index (χ0) is 14.6. The number of sulfone groups is 1. The van der Waals surface area contributed by atoms with Gasteiger partial charge in [0.15, 0.2) is 9.84 Å². The van der Waals surface area contributed by atoms with Crippen LogP contribution in [0.2, 0.25) is 5.02 Å². The Morgan fingerprint density at radius 1 is 1.53 bits per heavy atom. The van der Waals surface area contributed by atoms with E-state index >= 15 is 0 Å². The van der Waals surface area contributed by atoms with E-state index in [9.17, 15) is 12.8 Å². The van der Waals surface area contributed by atoms with Gasteiger partial charge in [-0.05, 0) is 19.2 Å². The number of thioether (sulfide) groups is 1. The van der Waals surface area contributed by atoms with Crippen LogP contribution in [0, 0.1) is 5.82 Å². The molecule has 3 nitrogen and oxygen atoms in total. The quantitative estimate of drug-likeness (QED) is 0.782. The zero-order valence-corrected chi connectivity index (χ0v) is 13.2. The molecule has 0 spiro atoms. The lowest BCUT2D eigenvalue weighted by Gasteiger charge is -2.15. The largest absolute Gasteiger partial charge is 0.295 e. The molecule has 0 radical (unpaired) electrons. The number of aliphatic imine (C=N–C) groups is 1. The fourth-order valence-electron chi connectivity index (χ4n) is 1.63. The number of nitrogens with zero attached hydrogens (tertiary/aromatic N) is 1. The molecule has 0 N–H and O–H groups in total. The highest BCUT2D eigenvalue weighted by molar-refractivity contribution is 8.13. The summed E-state index contributed by atoms with van der Waals surface area (Å²) < 4.78 is 37.5. The summed E-state index contributed by atoms with van der Waals surface area (Å²) in [6.07, 6.45) is 1.69. The summed E-state index contributed by atoms with van der Waals surface area (Å²) in [7, 11) is -2.01. The van der Waals surface area contributed by atoms with E-state index in [0.29, 0.717) is 5.71 Å². The molecule has 0 aliphatic heterocycles. The number of hydrogen-bond acceptors (Lipinski definition) is 4. The van der Waals surface area contributed by atoms with Crippen LogP contribution in [0.1, 0.15) is 12.5 Å². The van der Waals surface area contributed by atoms with Crippen molar-refractivity contribution in [3.8, 4) is 0 Å². The lowest BCUT2D eigenvalue weighted by molar-refractivity contribution is 0.589. The molecule has 1 aromatic carbocycles. The first kappa shape index (κ1) is 16.5. The molecule has 106 valence electrons. The molecule has 0 aromatic heterocycles. The third-order valence-corrected chi connectivity index (χ3v) is 6.85. The van der Waals surface area contributed by atoms with Crippen molar-refractivity contribution < 1.29 is 12.8 Å². The summed E-state index contributed by atoms with van der Waals surface area (Å²) in [5.74, 6) is -1.07. The van der Waals surface area contributed by atoms with E-state index in [1.165, 1.54) is 25.2 Å². The molecule has 1 aromatic rings. The van der Waals surface area contributed by atoms with Gasteiger partial charge in [-0.25, -0.2) is 12.8 Å². The van der Waals surface area contributed by atoms with Crippen LogP contribution < -0.4 is 0 Å². The Balaban J connectivity index is 3.12. The normalized spacial score (nSPS) is 14.5. The molecule has 0 aliphatic rings. The Labute approximate surface area is 122 Å².